The second-order valence-electron chi connectivity index (χ2n) is 5.16. The number of halogens is 2. The zero-order valence-electron chi connectivity index (χ0n) is 11.1. The second-order valence-corrected chi connectivity index (χ2v) is 6.07. The van der Waals surface area contributed by atoms with Gasteiger partial charge in [-0.15, -0.1) is 11.6 Å². The minimum absolute atomic E-state index is 0.0274. The fourth-order valence-electron chi connectivity index (χ4n) is 2.80. The van der Waals surface area contributed by atoms with Gasteiger partial charge < -0.3 is 5.32 Å². The summed E-state index contributed by atoms with van der Waals surface area (Å²) in [5.41, 5.74) is 2.02. The Bertz CT molecular complexity index is 542. The van der Waals surface area contributed by atoms with Crippen LogP contribution in [-0.2, 0) is 0 Å². The summed E-state index contributed by atoms with van der Waals surface area (Å²) in [6.07, 6.45) is 8.97. The first-order valence-corrected chi connectivity index (χ1v) is 7.78. The lowest BCUT2D eigenvalue weighted by molar-refractivity contribution is 0.551. The summed E-state index contributed by atoms with van der Waals surface area (Å²) in [5, 5.41) is 4.09. The SMILES string of the molecule is Clc1cccnc1C1CCCC(C2NCC=CC2Cl)=N1. The molecule has 3 atom stereocenters. The van der Waals surface area contributed by atoms with Crippen LogP contribution in [0.3, 0.4) is 0 Å². The quantitative estimate of drug-likeness (QED) is 0.670. The lowest BCUT2D eigenvalue weighted by atomic mass is 9.94. The van der Waals surface area contributed by atoms with Crippen molar-refractivity contribution in [2.24, 2.45) is 4.99 Å². The summed E-state index contributed by atoms with van der Waals surface area (Å²) in [7, 11) is 0. The minimum atomic E-state index is -0.0274. The molecule has 1 N–H and O–H groups in total. The highest BCUT2D eigenvalue weighted by atomic mass is 35.5. The molecule has 1 aromatic heterocycles. The van der Waals surface area contributed by atoms with Gasteiger partial charge in [-0.2, -0.15) is 0 Å². The highest BCUT2D eigenvalue weighted by molar-refractivity contribution is 6.31. The average Bonchev–Trinajstić information content (AvgIpc) is 2.48. The van der Waals surface area contributed by atoms with Gasteiger partial charge in [-0.25, -0.2) is 0 Å². The molecule has 20 heavy (non-hydrogen) atoms. The van der Waals surface area contributed by atoms with E-state index in [0.717, 1.165) is 37.2 Å². The summed E-state index contributed by atoms with van der Waals surface area (Å²) in [4.78, 5) is 9.27. The molecule has 0 spiro atoms. The zero-order chi connectivity index (χ0) is 13.9. The molecular weight excluding hydrogens is 293 g/mol. The number of aliphatic imine (C=N–C) groups is 1. The Kier molecular flexibility index (Phi) is 4.39. The normalized spacial score (nSPS) is 30.1. The number of alkyl halides is 1. The van der Waals surface area contributed by atoms with E-state index in [1.165, 1.54) is 0 Å². The van der Waals surface area contributed by atoms with E-state index < -0.39 is 0 Å². The van der Waals surface area contributed by atoms with Crippen molar-refractivity contribution in [3.63, 3.8) is 0 Å². The van der Waals surface area contributed by atoms with Gasteiger partial charge in [0.05, 0.1) is 28.2 Å². The van der Waals surface area contributed by atoms with E-state index in [-0.39, 0.29) is 17.5 Å². The molecule has 0 aromatic carbocycles. The molecule has 2 aliphatic rings. The molecule has 0 saturated heterocycles. The van der Waals surface area contributed by atoms with Crippen LogP contribution < -0.4 is 5.32 Å². The van der Waals surface area contributed by atoms with E-state index in [9.17, 15) is 0 Å². The lowest BCUT2D eigenvalue weighted by Crippen LogP contribution is -2.46. The van der Waals surface area contributed by atoms with Crippen molar-refractivity contribution < 1.29 is 0 Å². The second kappa shape index (κ2) is 6.25. The minimum Gasteiger partial charge on any atom is -0.304 e. The Morgan fingerprint density at radius 2 is 2.25 bits per heavy atom. The standard InChI is InChI=1S/C15H17Cl2N3/c16-10-4-2-8-18-14(10)12-6-1-7-13(20-12)15-11(17)5-3-9-19-15/h2-5,8,11-12,15,19H,1,6-7,9H2. The summed E-state index contributed by atoms with van der Waals surface area (Å²) in [6, 6.07) is 3.91. The third-order valence-electron chi connectivity index (χ3n) is 3.79. The van der Waals surface area contributed by atoms with Crippen molar-refractivity contribution in [1.82, 2.24) is 10.3 Å². The average molecular weight is 310 g/mol. The maximum atomic E-state index is 6.37. The van der Waals surface area contributed by atoms with Gasteiger partial charge in [0, 0.05) is 18.5 Å². The lowest BCUT2D eigenvalue weighted by Gasteiger charge is -2.30. The monoisotopic (exact) mass is 309 g/mol. The van der Waals surface area contributed by atoms with Crippen LogP contribution in [0.5, 0.6) is 0 Å². The molecule has 1 aromatic rings. The number of nitrogens with one attached hydrogen (secondary N) is 1. The molecule has 3 nitrogen and oxygen atoms in total. The maximum absolute atomic E-state index is 6.37. The van der Waals surface area contributed by atoms with E-state index >= 15 is 0 Å². The van der Waals surface area contributed by atoms with Crippen molar-refractivity contribution in [1.29, 1.82) is 0 Å². The Balaban J connectivity index is 1.86. The van der Waals surface area contributed by atoms with Gasteiger partial charge in [-0.05, 0) is 31.4 Å². The highest BCUT2D eigenvalue weighted by Gasteiger charge is 2.28. The zero-order valence-corrected chi connectivity index (χ0v) is 12.6. The summed E-state index contributed by atoms with van der Waals surface area (Å²) < 4.78 is 0. The molecule has 3 rings (SSSR count). The Labute approximate surface area is 129 Å². The van der Waals surface area contributed by atoms with E-state index in [0.29, 0.717) is 5.02 Å². The molecule has 3 unspecified atom stereocenters. The molecule has 3 heterocycles. The fourth-order valence-corrected chi connectivity index (χ4v) is 3.39. The fraction of sp³-hybridized carbons (Fsp3) is 0.467. The van der Waals surface area contributed by atoms with E-state index in [4.69, 9.17) is 28.2 Å². The Morgan fingerprint density at radius 1 is 1.35 bits per heavy atom. The van der Waals surface area contributed by atoms with Crippen molar-refractivity contribution in [3.05, 3.63) is 41.2 Å². The van der Waals surface area contributed by atoms with Gasteiger partial charge in [0.2, 0.25) is 0 Å². The van der Waals surface area contributed by atoms with Crippen LogP contribution in [0.4, 0.5) is 0 Å². The van der Waals surface area contributed by atoms with Gasteiger partial charge in [0.1, 0.15) is 0 Å². The summed E-state index contributed by atoms with van der Waals surface area (Å²) in [5.74, 6) is 0. The van der Waals surface area contributed by atoms with Crippen LogP contribution in [0.2, 0.25) is 5.02 Å². The maximum Gasteiger partial charge on any atom is 0.0934 e. The molecule has 106 valence electrons. The smallest absolute Gasteiger partial charge is 0.0934 e. The predicted molar refractivity (Wildman–Crippen MR) is 83.8 cm³/mol. The number of hydrogen-bond acceptors (Lipinski definition) is 3. The Morgan fingerprint density at radius 3 is 3.05 bits per heavy atom. The third kappa shape index (κ3) is 2.90. The number of pyridine rings is 1. The largest absolute Gasteiger partial charge is 0.304 e. The molecule has 0 amide bonds. The number of aromatic nitrogens is 1. The van der Waals surface area contributed by atoms with Crippen LogP contribution in [0.1, 0.15) is 31.0 Å². The topological polar surface area (TPSA) is 37.3 Å². The summed E-state index contributed by atoms with van der Waals surface area (Å²) >= 11 is 12.6. The third-order valence-corrected chi connectivity index (χ3v) is 4.50. The van der Waals surface area contributed by atoms with Crippen LogP contribution in [-0.4, -0.2) is 28.7 Å². The number of hydrogen-bond donors (Lipinski definition) is 1. The molecule has 0 aliphatic carbocycles. The van der Waals surface area contributed by atoms with E-state index in [1.807, 2.05) is 18.2 Å². The number of nitrogens with zero attached hydrogens (tertiary/aromatic N) is 2. The van der Waals surface area contributed by atoms with Crippen molar-refractivity contribution in [2.45, 2.75) is 36.7 Å². The predicted octanol–water partition coefficient (Wildman–Crippen LogP) is 3.54. The summed E-state index contributed by atoms with van der Waals surface area (Å²) in [6.45, 7) is 0.849. The van der Waals surface area contributed by atoms with Gasteiger partial charge >= 0.3 is 0 Å². The highest BCUT2D eigenvalue weighted by Crippen LogP contribution is 2.32. The van der Waals surface area contributed by atoms with Gasteiger partial charge in [-0.1, -0.05) is 23.8 Å². The van der Waals surface area contributed by atoms with Gasteiger partial charge in [0.25, 0.3) is 0 Å². The molecule has 0 saturated carbocycles. The molecule has 2 aliphatic heterocycles. The van der Waals surface area contributed by atoms with Crippen molar-refractivity contribution in [2.75, 3.05) is 6.54 Å². The molecule has 5 heteroatoms. The molecular formula is C15H17Cl2N3. The van der Waals surface area contributed by atoms with E-state index in [1.54, 1.807) is 6.20 Å². The first-order valence-electron chi connectivity index (χ1n) is 6.97. The van der Waals surface area contributed by atoms with E-state index in [2.05, 4.69) is 16.4 Å². The number of rotatable bonds is 2. The van der Waals surface area contributed by atoms with Crippen LogP contribution in [0, 0.1) is 0 Å². The first-order chi connectivity index (χ1) is 9.75. The van der Waals surface area contributed by atoms with Gasteiger partial charge in [0.15, 0.2) is 0 Å². The van der Waals surface area contributed by atoms with Crippen LogP contribution >= 0.6 is 23.2 Å². The van der Waals surface area contributed by atoms with Crippen LogP contribution in [0.25, 0.3) is 0 Å². The van der Waals surface area contributed by atoms with Crippen molar-refractivity contribution in [3.8, 4) is 0 Å². The Hall–Kier alpha value is -0.900. The molecule has 0 bridgehead atoms. The van der Waals surface area contributed by atoms with Crippen LogP contribution in [0.15, 0.2) is 35.5 Å². The molecule has 0 radical (unpaired) electrons. The van der Waals surface area contributed by atoms with Gasteiger partial charge in [-0.3, -0.25) is 9.98 Å². The molecule has 0 fully saturated rings. The van der Waals surface area contributed by atoms with Crippen molar-refractivity contribution >= 4 is 28.9 Å². The first kappa shape index (κ1) is 14.1.